The molecule has 0 N–H and O–H groups in total. The second kappa shape index (κ2) is 6.72. The lowest BCUT2D eigenvalue weighted by molar-refractivity contribution is 1.53. The Kier molecular flexibility index (Phi) is 3.93. The molecule has 130 valence electrons. The molecule has 0 atom stereocenters. The highest BCUT2D eigenvalue weighted by Crippen LogP contribution is 2.49. The molecule has 0 aromatic heterocycles. The Labute approximate surface area is 165 Å². The van der Waals surface area contributed by atoms with Crippen molar-refractivity contribution in [3.8, 4) is 23.5 Å². The molecule has 0 amide bonds. The average Bonchev–Trinajstić information content (AvgIpc) is 3.09. The van der Waals surface area contributed by atoms with E-state index in [9.17, 15) is 0 Å². The van der Waals surface area contributed by atoms with Crippen molar-refractivity contribution < 1.29 is 0 Å². The van der Waals surface area contributed by atoms with Crippen LogP contribution in [0, 0.1) is 12.3 Å². The van der Waals surface area contributed by atoms with E-state index in [1.165, 1.54) is 44.5 Å². The lowest BCUT2D eigenvalue weighted by atomic mass is 9.88. The summed E-state index contributed by atoms with van der Waals surface area (Å²) < 4.78 is 0. The van der Waals surface area contributed by atoms with Crippen molar-refractivity contribution >= 4 is 11.1 Å². The number of rotatable bonds is 2. The van der Waals surface area contributed by atoms with Crippen molar-refractivity contribution in [2.75, 3.05) is 0 Å². The van der Waals surface area contributed by atoms with E-state index in [2.05, 4.69) is 103 Å². The largest absolute Gasteiger partial charge is 0.115 e. The minimum Gasteiger partial charge on any atom is -0.115 e. The van der Waals surface area contributed by atoms with Gasteiger partial charge in [-0.2, -0.15) is 0 Å². The molecule has 28 heavy (non-hydrogen) atoms. The zero-order chi connectivity index (χ0) is 18.9. The predicted molar refractivity (Wildman–Crippen MR) is 118 cm³/mol. The summed E-state index contributed by atoms with van der Waals surface area (Å²) in [5.41, 5.74) is 10.8. The van der Waals surface area contributed by atoms with Gasteiger partial charge in [-0.25, -0.2) is 0 Å². The average molecular weight is 354 g/mol. The molecule has 0 bridgehead atoms. The van der Waals surface area contributed by atoms with E-state index in [-0.39, 0.29) is 0 Å². The fourth-order valence-electron chi connectivity index (χ4n) is 4.09. The summed E-state index contributed by atoms with van der Waals surface area (Å²) in [7, 11) is 0. The van der Waals surface area contributed by atoms with E-state index in [1.807, 2.05) is 6.07 Å². The molecule has 0 radical (unpaired) electrons. The van der Waals surface area contributed by atoms with Crippen molar-refractivity contribution in [1.29, 1.82) is 0 Å². The van der Waals surface area contributed by atoms with E-state index >= 15 is 0 Å². The number of hydrogen-bond donors (Lipinski definition) is 0. The highest BCUT2D eigenvalue weighted by atomic mass is 14.3. The van der Waals surface area contributed by atoms with Crippen LogP contribution in [-0.4, -0.2) is 0 Å². The summed E-state index contributed by atoms with van der Waals surface area (Å²) >= 11 is 0. The van der Waals surface area contributed by atoms with Crippen molar-refractivity contribution in [2.24, 2.45) is 0 Å². The van der Waals surface area contributed by atoms with Crippen molar-refractivity contribution in [3.63, 3.8) is 0 Å². The van der Waals surface area contributed by atoms with Crippen LogP contribution in [-0.2, 0) is 0 Å². The van der Waals surface area contributed by atoms with E-state index in [0.29, 0.717) is 0 Å². The Morgan fingerprint density at radius 1 is 0.536 bits per heavy atom. The maximum Gasteiger partial charge on any atom is 0.0249 e. The number of terminal acetylenes is 1. The van der Waals surface area contributed by atoms with Gasteiger partial charge in [-0.1, -0.05) is 96.9 Å². The van der Waals surface area contributed by atoms with E-state index < -0.39 is 0 Å². The van der Waals surface area contributed by atoms with Gasteiger partial charge in [-0.15, -0.1) is 6.42 Å². The first kappa shape index (κ1) is 16.4. The fourth-order valence-corrected chi connectivity index (χ4v) is 4.09. The van der Waals surface area contributed by atoms with Gasteiger partial charge in [0.1, 0.15) is 0 Å². The Morgan fingerprint density at radius 2 is 1.07 bits per heavy atom. The van der Waals surface area contributed by atoms with Crippen LogP contribution in [0.2, 0.25) is 0 Å². The number of benzene rings is 4. The molecular formula is C28H18. The Bertz CT molecular complexity index is 1190. The summed E-state index contributed by atoms with van der Waals surface area (Å²) in [6.45, 7) is 0. The van der Waals surface area contributed by atoms with Crippen LogP contribution in [0.4, 0.5) is 0 Å². The molecule has 0 heterocycles. The molecule has 0 unspecified atom stereocenters. The van der Waals surface area contributed by atoms with Gasteiger partial charge in [0.05, 0.1) is 0 Å². The monoisotopic (exact) mass is 354 g/mol. The Morgan fingerprint density at radius 3 is 1.68 bits per heavy atom. The third kappa shape index (κ3) is 2.57. The first-order valence-corrected chi connectivity index (χ1v) is 9.43. The quantitative estimate of drug-likeness (QED) is 0.311. The molecular weight excluding hydrogens is 336 g/mol. The summed E-state index contributed by atoms with van der Waals surface area (Å²) in [6, 6.07) is 36.2. The molecule has 0 aliphatic heterocycles. The van der Waals surface area contributed by atoms with Crippen LogP contribution in [0.25, 0.3) is 22.3 Å². The van der Waals surface area contributed by atoms with Crippen molar-refractivity contribution in [1.82, 2.24) is 0 Å². The van der Waals surface area contributed by atoms with Crippen LogP contribution in [0.5, 0.6) is 0 Å². The molecule has 5 rings (SSSR count). The van der Waals surface area contributed by atoms with E-state index in [1.54, 1.807) is 0 Å². The van der Waals surface area contributed by atoms with Crippen molar-refractivity contribution in [2.45, 2.75) is 0 Å². The minimum atomic E-state index is 0.907. The van der Waals surface area contributed by atoms with Crippen LogP contribution < -0.4 is 0 Å². The van der Waals surface area contributed by atoms with Gasteiger partial charge in [-0.3, -0.25) is 0 Å². The molecule has 4 aromatic rings. The van der Waals surface area contributed by atoms with E-state index in [4.69, 9.17) is 6.42 Å². The van der Waals surface area contributed by atoms with Gasteiger partial charge in [0.15, 0.2) is 0 Å². The summed E-state index contributed by atoms with van der Waals surface area (Å²) in [5, 5.41) is 0. The minimum absolute atomic E-state index is 0.907. The zero-order valence-electron chi connectivity index (χ0n) is 15.4. The standard InChI is InChI=1S/C28H18/c1-2-20-17-18-24-23-15-9-10-16-25(23)28(26(24)19-20)27(21-11-5-3-6-12-21)22-13-7-4-8-14-22/h1,3-19H. The Balaban J connectivity index is 1.94. The molecule has 0 saturated heterocycles. The maximum atomic E-state index is 5.73. The van der Waals surface area contributed by atoms with Crippen LogP contribution >= 0.6 is 0 Å². The second-order valence-electron chi connectivity index (χ2n) is 6.93. The zero-order valence-corrected chi connectivity index (χ0v) is 15.4. The molecule has 0 spiro atoms. The Hall–Kier alpha value is -3.82. The summed E-state index contributed by atoms with van der Waals surface area (Å²) in [5.74, 6) is 2.80. The first-order chi connectivity index (χ1) is 13.9. The summed E-state index contributed by atoms with van der Waals surface area (Å²) in [6.07, 6.45) is 5.73. The van der Waals surface area contributed by atoms with Crippen LogP contribution in [0.15, 0.2) is 103 Å². The van der Waals surface area contributed by atoms with Gasteiger partial charge in [0.25, 0.3) is 0 Å². The van der Waals surface area contributed by atoms with Gasteiger partial charge in [0, 0.05) is 5.56 Å². The lowest BCUT2D eigenvalue weighted by Gasteiger charge is -2.15. The fraction of sp³-hybridized carbons (Fsp3) is 0. The SMILES string of the molecule is C#Cc1ccc2c(c1)C(=C(c1ccccc1)c1ccccc1)c1ccccc1-2. The number of fused-ring (bicyclic) bond motifs is 3. The molecule has 1 aliphatic carbocycles. The molecule has 1 aliphatic rings. The van der Waals surface area contributed by atoms with E-state index in [0.717, 1.165) is 5.56 Å². The van der Waals surface area contributed by atoms with Gasteiger partial charge in [0.2, 0.25) is 0 Å². The smallest absolute Gasteiger partial charge is 0.0249 e. The molecule has 4 aromatic carbocycles. The molecule has 0 heteroatoms. The molecule has 0 saturated carbocycles. The van der Waals surface area contributed by atoms with Gasteiger partial charge < -0.3 is 0 Å². The topological polar surface area (TPSA) is 0 Å². The highest BCUT2D eigenvalue weighted by Gasteiger charge is 2.27. The normalized spacial score (nSPS) is 11.5. The first-order valence-electron chi connectivity index (χ1n) is 9.43. The second-order valence-corrected chi connectivity index (χ2v) is 6.93. The van der Waals surface area contributed by atoms with Crippen molar-refractivity contribution in [3.05, 3.63) is 131 Å². The van der Waals surface area contributed by atoms with Crippen LogP contribution in [0.3, 0.4) is 0 Å². The van der Waals surface area contributed by atoms with Gasteiger partial charge in [-0.05, 0) is 56.7 Å². The maximum absolute atomic E-state index is 5.73. The third-order valence-electron chi connectivity index (χ3n) is 5.32. The molecule has 0 nitrogen and oxygen atoms in total. The highest BCUT2D eigenvalue weighted by molar-refractivity contribution is 6.13. The third-order valence-corrected chi connectivity index (χ3v) is 5.32. The van der Waals surface area contributed by atoms with Gasteiger partial charge >= 0.3 is 0 Å². The lowest BCUT2D eigenvalue weighted by Crippen LogP contribution is -1.94. The molecule has 0 fully saturated rings. The summed E-state index contributed by atoms with van der Waals surface area (Å²) in [4.78, 5) is 0. The predicted octanol–water partition coefficient (Wildman–Crippen LogP) is 6.66. The van der Waals surface area contributed by atoms with Crippen LogP contribution in [0.1, 0.15) is 27.8 Å². The number of hydrogen-bond acceptors (Lipinski definition) is 0.